The van der Waals surface area contributed by atoms with E-state index in [0.717, 1.165) is 16.9 Å². The van der Waals surface area contributed by atoms with Crippen molar-refractivity contribution in [3.8, 4) is 34.3 Å². The molecule has 0 bridgehead atoms. The first kappa shape index (κ1) is 20.2. The van der Waals surface area contributed by atoms with Crippen LogP contribution in [0.25, 0.3) is 22.8 Å². The summed E-state index contributed by atoms with van der Waals surface area (Å²) >= 11 is 0. The van der Waals surface area contributed by atoms with E-state index in [9.17, 15) is 4.79 Å². The van der Waals surface area contributed by atoms with Gasteiger partial charge in [0.1, 0.15) is 11.5 Å². The smallest absolute Gasteiger partial charge is 0.262 e. The van der Waals surface area contributed by atoms with Crippen LogP contribution in [0.15, 0.2) is 77.3 Å². The van der Waals surface area contributed by atoms with Crippen LogP contribution < -0.4 is 14.8 Å². The van der Waals surface area contributed by atoms with Crippen LogP contribution in [0.5, 0.6) is 11.5 Å². The zero-order chi connectivity index (χ0) is 21.6. The molecule has 0 saturated heterocycles. The second kappa shape index (κ2) is 9.13. The molecule has 0 spiro atoms. The maximum absolute atomic E-state index is 12.3. The van der Waals surface area contributed by atoms with Crippen molar-refractivity contribution in [2.75, 3.05) is 19.0 Å². The molecular formula is C24H21N3O4. The van der Waals surface area contributed by atoms with E-state index >= 15 is 0 Å². The summed E-state index contributed by atoms with van der Waals surface area (Å²) < 4.78 is 16.2. The fourth-order valence-electron chi connectivity index (χ4n) is 2.99. The minimum Gasteiger partial charge on any atom is -0.497 e. The van der Waals surface area contributed by atoms with Gasteiger partial charge < -0.3 is 19.3 Å². The Morgan fingerprint density at radius 1 is 1.00 bits per heavy atom. The normalized spacial score (nSPS) is 10.5. The van der Waals surface area contributed by atoms with Crippen LogP contribution in [-0.4, -0.2) is 29.8 Å². The molecule has 0 aliphatic rings. The van der Waals surface area contributed by atoms with Crippen molar-refractivity contribution in [3.63, 3.8) is 0 Å². The molecule has 0 aliphatic heterocycles. The number of nitrogens with zero attached hydrogens (tertiary/aromatic N) is 2. The fourth-order valence-corrected chi connectivity index (χ4v) is 2.99. The first-order chi connectivity index (χ1) is 15.1. The Labute approximate surface area is 179 Å². The van der Waals surface area contributed by atoms with Gasteiger partial charge in [-0.2, -0.15) is 4.98 Å². The number of carbonyl (C=O) groups excluding carboxylic acids is 1. The maximum atomic E-state index is 12.3. The van der Waals surface area contributed by atoms with E-state index in [-0.39, 0.29) is 12.5 Å². The van der Waals surface area contributed by atoms with E-state index in [2.05, 4.69) is 15.5 Å². The van der Waals surface area contributed by atoms with Gasteiger partial charge in [0.2, 0.25) is 5.82 Å². The Balaban J connectivity index is 1.43. The summed E-state index contributed by atoms with van der Waals surface area (Å²) in [5.74, 6) is 2.01. The summed E-state index contributed by atoms with van der Waals surface area (Å²) in [6.07, 6.45) is 0. The number of rotatable bonds is 7. The van der Waals surface area contributed by atoms with E-state index in [1.54, 1.807) is 19.2 Å². The number of benzene rings is 3. The van der Waals surface area contributed by atoms with Gasteiger partial charge in [-0.05, 0) is 61.0 Å². The van der Waals surface area contributed by atoms with Crippen LogP contribution >= 0.6 is 0 Å². The zero-order valence-electron chi connectivity index (χ0n) is 17.2. The van der Waals surface area contributed by atoms with E-state index in [1.165, 1.54) is 0 Å². The third-order valence-electron chi connectivity index (χ3n) is 4.62. The minimum absolute atomic E-state index is 0.0861. The summed E-state index contributed by atoms with van der Waals surface area (Å²) in [4.78, 5) is 16.7. The number of anilines is 1. The highest BCUT2D eigenvalue weighted by Gasteiger charge is 2.12. The predicted molar refractivity (Wildman–Crippen MR) is 117 cm³/mol. The molecule has 156 valence electrons. The highest BCUT2D eigenvalue weighted by molar-refractivity contribution is 5.92. The number of hydrogen-bond acceptors (Lipinski definition) is 6. The van der Waals surface area contributed by atoms with E-state index in [1.807, 2.05) is 67.6 Å². The quantitative estimate of drug-likeness (QED) is 0.469. The molecule has 31 heavy (non-hydrogen) atoms. The molecule has 3 aromatic carbocycles. The standard InChI is InChI=1S/C24H21N3O4/c1-16-6-3-4-9-21(16)30-15-22(28)25-19-8-5-7-18(14-19)24-26-23(27-31-24)17-10-12-20(29-2)13-11-17/h3-14H,15H2,1-2H3,(H,25,28). The first-order valence-electron chi connectivity index (χ1n) is 9.69. The van der Waals surface area contributed by atoms with Crippen molar-refractivity contribution >= 4 is 11.6 Å². The van der Waals surface area contributed by atoms with Crippen molar-refractivity contribution in [2.24, 2.45) is 0 Å². The fraction of sp³-hybridized carbons (Fsp3) is 0.125. The van der Waals surface area contributed by atoms with Gasteiger partial charge in [-0.1, -0.05) is 29.4 Å². The summed E-state index contributed by atoms with van der Waals surface area (Å²) in [6.45, 7) is 1.85. The largest absolute Gasteiger partial charge is 0.497 e. The molecule has 1 aromatic heterocycles. The molecule has 1 N–H and O–H groups in total. The van der Waals surface area contributed by atoms with Crippen LogP contribution in [0.3, 0.4) is 0 Å². The van der Waals surface area contributed by atoms with E-state index in [4.69, 9.17) is 14.0 Å². The molecule has 0 aliphatic carbocycles. The van der Waals surface area contributed by atoms with Gasteiger partial charge in [0.15, 0.2) is 6.61 Å². The number of ether oxygens (including phenoxy) is 2. The van der Waals surface area contributed by atoms with Gasteiger partial charge in [-0.3, -0.25) is 4.79 Å². The molecule has 0 atom stereocenters. The number of aromatic nitrogens is 2. The minimum atomic E-state index is -0.259. The van der Waals surface area contributed by atoms with E-state index < -0.39 is 0 Å². The lowest BCUT2D eigenvalue weighted by Crippen LogP contribution is -2.20. The number of amides is 1. The maximum Gasteiger partial charge on any atom is 0.262 e. The van der Waals surface area contributed by atoms with Crippen molar-refractivity contribution in [1.82, 2.24) is 10.1 Å². The molecule has 7 heteroatoms. The monoisotopic (exact) mass is 415 g/mol. The highest BCUT2D eigenvalue weighted by Crippen LogP contribution is 2.25. The van der Waals surface area contributed by atoms with Crippen molar-refractivity contribution in [1.29, 1.82) is 0 Å². The van der Waals surface area contributed by atoms with Gasteiger partial charge in [0.05, 0.1) is 7.11 Å². The number of aryl methyl sites for hydroxylation is 1. The second-order valence-corrected chi connectivity index (χ2v) is 6.83. The summed E-state index contributed by atoms with van der Waals surface area (Å²) in [5, 5.41) is 6.87. The number of para-hydroxylation sites is 1. The van der Waals surface area contributed by atoms with Crippen LogP contribution in [-0.2, 0) is 4.79 Å². The molecule has 1 heterocycles. The number of hydrogen-bond donors (Lipinski definition) is 1. The lowest BCUT2D eigenvalue weighted by Gasteiger charge is -2.09. The van der Waals surface area contributed by atoms with Crippen LogP contribution in [0.1, 0.15) is 5.56 Å². The second-order valence-electron chi connectivity index (χ2n) is 6.83. The Hall–Kier alpha value is -4.13. The van der Waals surface area contributed by atoms with Crippen LogP contribution in [0.2, 0.25) is 0 Å². The van der Waals surface area contributed by atoms with Gasteiger partial charge in [-0.25, -0.2) is 0 Å². The van der Waals surface area contributed by atoms with Gasteiger partial charge >= 0.3 is 0 Å². The van der Waals surface area contributed by atoms with Gasteiger partial charge in [0, 0.05) is 16.8 Å². The number of nitrogens with one attached hydrogen (secondary N) is 1. The lowest BCUT2D eigenvalue weighted by molar-refractivity contribution is -0.118. The van der Waals surface area contributed by atoms with Crippen molar-refractivity contribution in [2.45, 2.75) is 6.92 Å². The lowest BCUT2D eigenvalue weighted by atomic mass is 10.2. The topological polar surface area (TPSA) is 86.5 Å². The molecular weight excluding hydrogens is 394 g/mol. The molecule has 0 radical (unpaired) electrons. The van der Waals surface area contributed by atoms with Crippen molar-refractivity contribution in [3.05, 3.63) is 78.4 Å². The third-order valence-corrected chi connectivity index (χ3v) is 4.62. The Kier molecular flexibility index (Phi) is 5.93. The zero-order valence-corrected chi connectivity index (χ0v) is 17.2. The predicted octanol–water partition coefficient (Wildman–Crippen LogP) is 4.74. The first-order valence-corrected chi connectivity index (χ1v) is 9.69. The molecule has 7 nitrogen and oxygen atoms in total. The third kappa shape index (κ3) is 4.90. The van der Waals surface area contributed by atoms with Crippen LogP contribution in [0, 0.1) is 6.92 Å². The van der Waals surface area contributed by atoms with Gasteiger partial charge in [-0.15, -0.1) is 0 Å². The molecule has 0 fully saturated rings. The number of methoxy groups -OCH3 is 1. The summed E-state index contributed by atoms with van der Waals surface area (Å²) in [7, 11) is 1.61. The Bertz CT molecular complexity index is 1190. The van der Waals surface area contributed by atoms with Crippen LogP contribution in [0.4, 0.5) is 5.69 Å². The van der Waals surface area contributed by atoms with Gasteiger partial charge in [0.25, 0.3) is 11.8 Å². The molecule has 4 rings (SSSR count). The Morgan fingerprint density at radius 2 is 1.81 bits per heavy atom. The SMILES string of the molecule is COc1ccc(-c2noc(-c3cccc(NC(=O)COc4ccccc4C)c3)n2)cc1. The molecule has 0 unspecified atom stereocenters. The Morgan fingerprint density at radius 3 is 2.58 bits per heavy atom. The molecule has 1 amide bonds. The summed E-state index contributed by atoms with van der Waals surface area (Å²) in [5.41, 5.74) is 3.10. The molecule has 0 saturated carbocycles. The summed E-state index contributed by atoms with van der Waals surface area (Å²) in [6, 6.07) is 22.2. The van der Waals surface area contributed by atoms with Crippen molar-refractivity contribution < 1.29 is 18.8 Å². The average molecular weight is 415 g/mol. The average Bonchev–Trinajstić information content (AvgIpc) is 3.29. The number of carbonyl (C=O) groups is 1. The van der Waals surface area contributed by atoms with E-state index in [0.29, 0.717) is 28.7 Å². The highest BCUT2D eigenvalue weighted by atomic mass is 16.5. The molecule has 4 aromatic rings.